The Balaban J connectivity index is 1.72. The molecule has 2 heteroatoms. The molecule has 1 heterocycles. The number of halogens is 1. The third kappa shape index (κ3) is 1.95. The first-order valence-electron chi connectivity index (χ1n) is 5.84. The Morgan fingerprint density at radius 1 is 1.29 bits per heavy atom. The second-order valence-corrected chi connectivity index (χ2v) is 6.05. The molecular formula is C12H22FN. The highest BCUT2D eigenvalue weighted by atomic mass is 19.1. The molecule has 1 aliphatic heterocycles. The van der Waals surface area contributed by atoms with Gasteiger partial charge >= 0.3 is 0 Å². The van der Waals surface area contributed by atoms with Gasteiger partial charge in [-0.1, -0.05) is 20.3 Å². The predicted molar refractivity (Wildman–Crippen MR) is 57.1 cm³/mol. The van der Waals surface area contributed by atoms with Crippen molar-refractivity contribution >= 4 is 0 Å². The number of hydrogen-bond donors (Lipinski definition) is 0. The van der Waals surface area contributed by atoms with Crippen LogP contribution in [0.25, 0.3) is 0 Å². The van der Waals surface area contributed by atoms with E-state index in [0.29, 0.717) is 18.5 Å². The monoisotopic (exact) mass is 199 g/mol. The molecule has 1 saturated carbocycles. The van der Waals surface area contributed by atoms with Crippen molar-refractivity contribution < 1.29 is 4.39 Å². The molecule has 1 aliphatic carbocycles. The summed E-state index contributed by atoms with van der Waals surface area (Å²) in [4.78, 5) is 2.27. The molecule has 1 saturated heterocycles. The summed E-state index contributed by atoms with van der Waals surface area (Å²) in [5.74, 6) is 0.943. The predicted octanol–water partition coefficient (Wildman–Crippen LogP) is 2.86. The summed E-state index contributed by atoms with van der Waals surface area (Å²) in [5.41, 5.74) is -0.401. The topological polar surface area (TPSA) is 3.24 Å². The van der Waals surface area contributed by atoms with Gasteiger partial charge < -0.3 is 0 Å². The van der Waals surface area contributed by atoms with E-state index in [2.05, 4.69) is 18.7 Å². The molecule has 2 aliphatic rings. The first kappa shape index (κ1) is 10.4. The van der Waals surface area contributed by atoms with Gasteiger partial charge in [-0.2, -0.15) is 0 Å². The quantitative estimate of drug-likeness (QED) is 0.675. The van der Waals surface area contributed by atoms with E-state index in [0.717, 1.165) is 12.5 Å². The number of likely N-dealkylation sites (tertiary alicyclic amines) is 1. The van der Waals surface area contributed by atoms with E-state index >= 15 is 0 Å². The highest BCUT2D eigenvalue weighted by molar-refractivity contribution is 4.98. The van der Waals surface area contributed by atoms with Crippen molar-refractivity contribution in [2.75, 3.05) is 19.6 Å². The minimum atomic E-state index is -0.899. The summed E-state index contributed by atoms with van der Waals surface area (Å²) in [6, 6.07) is 0. The SMILES string of the molecule is CCC1CC(C)(CN2CC(C)(F)C2)C1. The van der Waals surface area contributed by atoms with Gasteiger partial charge in [-0.15, -0.1) is 0 Å². The molecule has 0 radical (unpaired) electrons. The molecule has 0 aromatic rings. The molecule has 0 atom stereocenters. The van der Waals surface area contributed by atoms with Gasteiger partial charge in [0.25, 0.3) is 0 Å². The maximum Gasteiger partial charge on any atom is 0.133 e. The fourth-order valence-electron chi connectivity index (χ4n) is 3.29. The molecule has 0 unspecified atom stereocenters. The lowest BCUT2D eigenvalue weighted by Gasteiger charge is -2.52. The lowest BCUT2D eigenvalue weighted by atomic mass is 9.62. The summed E-state index contributed by atoms with van der Waals surface area (Å²) >= 11 is 0. The zero-order chi connectivity index (χ0) is 10.4. The number of nitrogens with zero attached hydrogens (tertiary/aromatic N) is 1. The summed E-state index contributed by atoms with van der Waals surface area (Å²) in [6.07, 6.45) is 4.02. The Bertz CT molecular complexity index is 210. The van der Waals surface area contributed by atoms with Crippen molar-refractivity contribution in [2.45, 2.75) is 45.7 Å². The summed E-state index contributed by atoms with van der Waals surface area (Å²) in [6.45, 7) is 8.75. The summed E-state index contributed by atoms with van der Waals surface area (Å²) in [7, 11) is 0. The van der Waals surface area contributed by atoms with Crippen LogP contribution in [-0.4, -0.2) is 30.2 Å². The molecule has 0 spiro atoms. The maximum absolute atomic E-state index is 13.3. The van der Waals surface area contributed by atoms with Gasteiger partial charge in [-0.05, 0) is 31.1 Å². The zero-order valence-corrected chi connectivity index (χ0v) is 9.65. The molecule has 0 bridgehead atoms. The Labute approximate surface area is 86.7 Å². The lowest BCUT2D eigenvalue weighted by molar-refractivity contribution is -0.0659. The van der Waals surface area contributed by atoms with Crippen LogP contribution < -0.4 is 0 Å². The van der Waals surface area contributed by atoms with Crippen molar-refractivity contribution in [3.8, 4) is 0 Å². The van der Waals surface area contributed by atoms with E-state index in [1.165, 1.54) is 19.3 Å². The normalized spacial score (nSPS) is 41.6. The van der Waals surface area contributed by atoms with E-state index in [1.807, 2.05) is 0 Å². The summed E-state index contributed by atoms with van der Waals surface area (Å²) < 4.78 is 13.3. The molecule has 2 rings (SSSR count). The Kier molecular flexibility index (Phi) is 2.37. The average molecular weight is 199 g/mol. The van der Waals surface area contributed by atoms with Crippen molar-refractivity contribution in [1.29, 1.82) is 0 Å². The van der Waals surface area contributed by atoms with E-state index in [-0.39, 0.29) is 0 Å². The first-order valence-corrected chi connectivity index (χ1v) is 5.84. The Hall–Kier alpha value is -0.110. The molecular weight excluding hydrogens is 177 g/mol. The number of hydrogen-bond acceptors (Lipinski definition) is 1. The second kappa shape index (κ2) is 3.19. The summed E-state index contributed by atoms with van der Waals surface area (Å²) in [5, 5.41) is 0. The van der Waals surface area contributed by atoms with Crippen LogP contribution in [0.1, 0.15) is 40.0 Å². The largest absolute Gasteiger partial charge is 0.296 e. The first-order chi connectivity index (χ1) is 6.42. The van der Waals surface area contributed by atoms with Crippen LogP contribution in [-0.2, 0) is 0 Å². The van der Waals surface area contributed by atoms with Crippen LogP contribution in [0.3, 0.4) is 0 Å². The van der Waals surface area contributed by atoms with Gasteiger partial charge in [0.05, 0.1) is 0 Å². The smallest absolute Gasteiger partial charge is 0.133 e. The fraction of sp³-hybridized carbons (Fsp3) is 1.00. The molecule has 1 nitrogen and oxygen atoms in total. The number of rotatable bonds is 3. The van der Waals surface area contributed by atoms with Crippen molar-refractivity contribution in [2.24, 2.45) is 11.3 Å². The van der Waals surface area contributed by atoms with Gasteiger partial charge in [0.15, 0.2) is 0 Å². The van der Waals surface area contributed by atoms with E-state index in [4.69, 9.17) is 0 Å². The van der Waals surface area contributed by atoms with Gasteiger partial charge in [0, 0.05) is 19.6 Å². The van der Waals surface area contributed by atoms with Crippen molar-refractivity contribution in [3.63, 3.8) is 0 Å². The third-order valence-corrected chi connectivity index (χ3v) is 3.85. The number of alkyl halides is 1. The fourth-order valence-corrected chi connectivity index (χ4v) is 3.29. The maximum atomic E-state index is 13.3. The third-order valence-electron chi connectivity index (χ3n) is 3.85. The highest BCUT2D eigenvalue weighted by Gasteiger charge is 2.45. The van der Waals surface area contributed by atoms with Gasteiger partial charge in [-0.3, -0.25) is 4.90 Å². The Morgan fingerprint density at radius 2 is 1.86 bits per heavy atom. The molecule has 2 fully saturated rings. The Morgan fingerprint density at radius 3 is 2.29 bits per heavy atom. The molecule has 0 N–H and O–H groups in total. The van der Waals surface area contributed by atoms with Gasteiger partial charge in [0.2, 0.25) is 0 Å². The molecule has 82 valence electrons. The zero-order valence-electron chi connectivity index (χ0n) is 9.65. The highest BCUT2D eigenvalue weighted by Crippen LogP contribution is 2.48. The molecule has 14 heavy (non-hydrogen) atoms. The van der Waals surface area contributed by atoms with E-state index < -0.39 is 5.67 Å². The second-order valence-electron chi connectivity index (χ2n) is 6.05. The van der Waals surface area contributed by atoms with Crippen LogP contribution >= 0.6 is 0 Å². The van der Waals surface area contributed by atoms with Crippen molar-refractivity contribution in [3.05, 3.63) is 0 Å². The van der Waals surface area contributed by atoms with Crippen LogP contribution in [0.2, 0.25) is 0 Å². The van der Waals surface area contributed by atoms with Gasteiger partial charge in [0.1, 0.15) is 5.67 Å². The molecule has 0 aromatic carbocycles. The lowest BCUT2D eigenvalue weighted by Crippen LogP contribution is -2.60. The van der Waals surface area contributed by atoms with Crippen LogP contribution in [0, 0.1) is 11.3 Å². The molecule has 0 aromatic heterocycles. The standard InChI is InChI=1S/C12H22FN/c1-4-10-5-11(2,6-10)7-14-8-12(3,13)9-14/h10H,4-9H2,1-3H3. The van der Waals surface area contributed by atoms with Crippen LogP contribution in [0.5, 0.6) is 0 Å². The average Bonchev–Trinajstić information content (AvgIpc) is 1.96. The van der Waals surface area contributed by atoms with Gasteiger partial charge in [-0.25, -0.2) is 4.39 Å². The van der Waals surface area contributed by atoms with Crippen LogP contribution in [0.15, 0.2) is 0 Å². The van der Waals surface area contributed by atoms with E-state index in [1.54, 1.807) is 6.92 Å². The van der Waals surface area contributed by atoms with E-state index in [9.17, 15) is 4.39 Å². The van der Waals surface area contributed by atoms with Crippen LogP contribution in [0.4, 0.5) is 4.39 Å². The minimum Gasteiger partial charge on any atom is -0.296 e. The molecule has 0 amide bonds. The minimum absolute atomic E-state index is 0.497. The van der Waals surface area contributed by atoms with Crippen molar-refractivity contribution in [1.82, 2.24) is 4.90 Å².